The number of amides is 2. The first-order chi connectivity index (χ1) is 13.6. The number of rotatable bonds is 6. The van der Waals surface area contributed by atoms with Gasteiger partial charge in [0.05, 0.1) is 29.7 Å². The number of halogens is 1. The van der Waals surface area contributed by atoms with Gasteiger partial charge in [0.2, 0.25) is 0 Å². The van der Waals surface area contributed by atoms with E-state index in [0.29, 0.717) is 16.4 Å². The Balaban J connectivity index is 1.58. The van der Waals surface area contributed by atoms with Gasteiger partial charge >= 0.3 is 0 Å². The molecule has 0 aliphatic heterocycles. The molecule has 0 radical (unpaired) electrons. The first kappa shape index (κ1) is 19.2. The van der Waals surface area contributed by atoms with Crippen molar-refractivity contribution in [2.75, 3.05) is 6.54 Å². The Bertz CT molecular complexity index is 1000. The van der Waals surface area contributed by atoms with E-state index in [4.69, 9.17) is 11.6 Å². The molecule has 28 heavy (non-hydrogen) atoms. The SMILES string of the molecule is Cc1nn(-c2ccccc2)c(Cl)c1/C=N/NC(=O)CNC(=O)c1ccccn1. The number of nitrogens with zero attached hydrogens (tertiary/aromatic N) is 4. The highest BCUT2D eigenvalue weighted by atomic mass is 35.5. The molecule has 9 heteroatoms. The van der Waals surface area contributed by atoms with Crippen LogP contribution in [0.25, 0.3) is 5.69 Å². The normalized spacial score (nSPS) is 10.8. The fourth-order valence-corrected chi connectivity index (χ4v) is 2.68. The molecular weight excluding hydrogens is 380 g/mol. The molecule has 0 aliphatic carbocycles. The average molecular weight is 397 g/mol. The lowest BCUT2D eigenvalue weighted by Crippen LogP contribution is -2.35. The van der Waals surface area contributed by atoms with E-state index < -0.39 is 11.8 Å². The molecule has 2 aromatic heterocycles. The van der Waals surface area contributed by atoms with Gasteiger partial charge in [-0.2, -0.15) is 10.2 Å². The van der Waals surface area contributed by atoms with Crippen LogP contribution < -0.4 is 10.7 Å². The Kier molecular flexibility index (Phi) is 6.13. The number of carbonyl (C=O) groups is 2. The van der Waals surface area contributed by atoms with Crippen molar-refractivity contribution in [3.8, 4) is 5.69 Å². The van der Waals surface area contributed by atoms with Crippen LogP contribution >= 0.6 is 11.6 Å². The fourth-order valence-electron chi connectivity index (χ4n) is 2.35. The number of nitrogens with one attached hydrogen (secondary N) is 2. The molecule has 142 valence electrons. The third-order valence-electron chi connectivity index (χ3n) is 3.74. The van der Waals surface area contributed by atoms with E-state index in [1.54, 1.807) is 29.8 Å². The van der Waals surface area contributed by atoms with Gasteiger partial charge in [0, 0.05) is 6.20 Å². The first-order valence-electron chi connectivity index (χ1n) is 8.38. The molecule has 0 spiro atoms. The van der Waals surface area contributed by atoms with E-state index >= 15 is 0 Å². The van der Waals surface area contributed by atoms with Gasteiger partial charge in [0.25, 0.3) is 11.8 Å². The largest absolute Gasteiger partial charge is 0.342 e. The number of benzene rings is 1. The number of hydrogen-bond donors (Lipinski definition) is 2. The minimum absolute atomic E-state index is 0.231. The number of para-hydroxylation sites is 1. The van der Waals surface area contributed by atoms with Crippen molar-refractivity contribution < 1.29 is 9.59 Å². The molecular formula is C19H17ClN6O2. The van der Waals surface area contributed by atoms with Gasteiger partial charge in [-0.25, -0.2) is 10.1 Å². The summed E-state index contributed by atoms with van der Waals surface area (Å²) in [5, 5.41) is 11.1. The van der Waals surface area contributed by atoms with E-state index in [1.807, 2.05) is 30.3 Å². The van der Waals surface area contributed by atoms with Gasteiger partial charge < -0.3 is 5.32 Å². The number of hydrogen-bond acceptors (Lipinski definition) is 5. The predicted octanol–water partition coefficient (Wildman–Crippen LogP) is 2.11. The Morgan fingerprint density at radius 2 is 1.93 bits per heavy atom. The van der Waals surface area contributed by atoms with Gasteiger partial charge in [-0.05, 0) is 31.2 Å². The molecule has 0 unspecified atom stereocenters. The Morgan fingerprint density at radius 1 is 1.18 bits per heavy atom. The second-order valence-electron chi connectivity index (χ2n) is 5.73. The van der Waals surface area contributed by atoms with Crippen LogP contribution in [0.15, 0.2) is 59.8 Å². The maximum absolute atomic E-state index is 11.9. The lowest BCUT2D eigenvalue weighted by molar-refractivity contribution is -0.120. The second-order valence-corrected chi connectivity index (χ2v) is 6.09. The predicted molar refractivity (Wildman–Crippen MR) is 106 cm³/mol. The molecule has 2 amide bonds. The van der Waals surface area contributed by atoms with Gasteiger partial charge in [-0.1, -0.05) is 35.9 Å². The first-order valence-corrected chi connectivity index (χ1v) is 8.75. The van der Waals surface area contributed by atoms with E-state index in [1.165, 1.54) is 12.4 Å². The van der Waals surface area contributed by atoms with Crippen LogP contribution in [0.5, 0.6) is 0 Å². The highest BCUT2D eigenvalue weighted by molar-refractivity contribution is 6.32. The average Bonchev–Trinajstić information content (AvgIpc) is 3.01. The number of hydrazone groups is 1. The van der Waals surface area contributed by atoms with Crippen LogP contribution in [0.2, 0.25) is 5.15 Å². The Labute approximate surface area is 166 Å². The van der Waals surface area contributed by atoms with Gasteiger partial charge in [0.15, 0.2) is 0 Å². The number of carbonyl (C=O) groups excluding carboxylic acids is 2. The second kappa shape index (κ2) is 8.92. The highest BCUT2D eigenvalue weighted by Gasteiger charge is 2.13. The van der Waals surface area contributed by atoms with Crippen LogP contribution in [-0.4, -0.2) is 39.3 Å². The highest BCUT2D eigenvalue weighted by Crippen LogP contribution is 2.21. The molecule has 0 aliphatic rings. The zero-order chi connectivity index (χ0) is 19.9. The number of pyridine rings is 1. The lowest BCUT2D eigenvalue weighted by atomic mass is 10.3. The minimum Gasteiger partial charge on any atom is -0.342 e. The maximum Gasteiger partial charge on any atom is 0.270 e. The third kappa shape index (κ3) is 4.60. The van der Waals surface area contributed by atoms with Crippen molar-refractivity contribution in [2.24, 2.45) is 5.10 Å². The van der Waals surface area contributed by atoms with Crippen molar-refractivity contribution in [1.29, 1.82) is 0 Å². The van der Waals surface area contributed by atoms with Crippen LogP contribution in [0, 0.1) is 6.92 Å². The minimum atomic E-state index is -0.482. The molecule has 2 N–H and O–H groups in total. The van der Waals surface area contributed by atoms with Gasteiger partial charge in [-0.3, -0.25) is 14.6 Å². The van der Waals surface area contributed by atoms with Crippen molar-refractivity contribution >= 4 is 29.6 Å². The van der Waals surface area contributed by atoms with Crippen LogP contribution in [0.1, 0.15) is 21.7 Å². The lowest BCUT2D eigenvalue weighted by Gasteiger charge is -2.03. The van der Waals surface area contributed by atoms with E-state index in [2.05, 4.69) is 25.9 Å². The zero-order valence-electron chi connectivity index (χ0n) is 15.0. The van der Waals surface area contributed by atoms with Crippen molar-refractivity contribution in [1.82, 2.24) is 25.5 Å². The molecule has 3 rings (SSSR count). The topological polar surface area (TPSA) is 101 Å². The molecule has 3 aromatic rings. The molecule has 8 nitrogen and oxygen atoms in total. The molecule has 0 saturated carbocycles. The smallest absolute Gasteiger partial charge is 0.270 e. The summed E-state index contributed by atoms with van der Waals surface area (Å²) in [5.41, 5.74) is 4.64. The van der Waals surface area contributed by atoms with Crippen LogP contribution in [-0.2, 0) is 4.79 Å². The molecule has 1 aromatic carbocycles. The number of aryl methyl sites for hydroxylation is 1. The maximum atomic E-state index is 11.9. The molecule has 2 heterocycles. The summed E-state index contributed by atoms with van der Waals surface area (Å²) >= 11 is 6.38. The van der Waals surface area contributed by atoms with E-state index in [0.717, 1.165) is 5.69 Å². The molecule has 0 saturated heterocycles. The summed E-state index contributed by atoms with van der Waals surface area (Å²) in [7, 11) is 0. The third-order valence-corrected chi connectivity index (χ3v) is 4.10. The molecule has 0 bridgehead atoms. The summed E-state index contributed by atoms with van der Waals surface area (Å²) in [6.45, 7) is 1.56. The summed E-state index contributed by atoms with van der Waals surface area (Å²) < 4.78 is 1.59. The van der Waals surface area contributed by atoms with E-state index in [9.17, 15) is 9.59 Å². The Hall–Kier alpha value is -3.52. The van der Waals surface area contributed by atoms with Crippen molar-refractivity contribution in [2.45, 2.75) is 6.92 Å². The van der Waals surface area contributed by atoms with Gasteiger partial charge in [-0.15, -0.1) is 0 Å². The van der Waals surface area contributed by atoms with Crippen molar-refractivity contribution in [3.05, 3.63) is 76.8 Å². The van der Waals surface area contributed by atoms with Gasteiger partial charge in [0.1, 0.15) is 10.8 Å². The van der Waals surface area contributed by atoms with Crippen molar-refractivity contribution in [3.63, 3.8) is 0 Å². The zero-order valence-corrected chi connectivity index (χ0v) is 15.7. The quantitative estimate of drug-likeness (QED) is 0.492. The summed E-state index contributed by atoms with van der Waals surface area (Å²) in [6.07, 6.45) is 2.92. The molecule has 0 fully saturated rings. The fraction of sp³-hybridized carbons (Fsp3) is 0.105. The summed E-state index contributed by atoms with van der Waals surface area (Å²) in [4.78, 5) is 27.6. The van der Waals surface area contributed by atoms with Crippen LogP contribution in [0.3, 0.4) is 0 Å². The number of aromatic nitrogens is 3. The standard InChI is InChI=1S/C19H17ClN6O2/c1-13-15(18(20)26(25-13)14-7-3-2-4-8-14)11-23-24-17(27)12-22-19(28)16-9-5-6-10-21-16/h2-11H,12H2,1H3,(H,22,28)(H,24,27)/b23-11+. The summed E-state index contributed by atoms with van der Waals surface area (Å²) in [6, 6.07) is 14.4. The van der Waals surface area contributed by atoms with Crippen LogP contribution in [0.4, 0.5) is 0 Å². The molecule has 0 atom stereocenters. The Morgan fingerprint density at radius 3 is 2.64 bits per heavy atom. The summed E-state index contributed by atoms with van der Waals surface area (Å²) in [5.74, 6) is -0.924. The monoisotopic (exact) mass is 396 g/mol. The van der Waals surface area contributed by atoms with E-state index in [-0.39, 0.29) is 12.2 Å².